The second kappa shape index (κ2) is 4.62. The summed E-state index contributed by atoms with van der Waals surface area (Å²) in [5.41, 5.74) is 8.91. The van der Waals surface area contributed by atoms with Crippen molar-refractivity contribution in [2.45, 2.75) is 13.8 Å². The van der Waals surface area contributed by atoms with Gasteiger partial charge >= 0.3 is 0 Å². The van der Waals surface area contributed by atoms with Crippen LogP contribution in [0.15, 0.2) is 24.7 Å². The maximum atomic E-state index is 5.69. The zero-order chi connectivity index (χ0) is 12.3. The minimum absolute atomic E-state index is 0.351. The Balaban J connectivity index is 2.52. The van der Waals surface area contributed by atoms with Crippen LogP contribution >= 0.6 is 0 Å². The monoisotopic (exact) mass is 224 g/mol. The quantitative estimate of drug-likeness (QED) is 0.750. The number of aromatic nitrogens is 3. The molecular weight excluding hydrogens is 212 g/mol. The van der Waals surface area contributed by atoms with Crippen molar-refractivity contribution in [3.63, 3.8) is 0 Å². The average molecular weight is 224 g/mol. The van der Waals surface area contributed by atoms with Crippen LogP contribution in [0.1, 0.15) is 18.2 Å². The first-order valence-corrected chi connectivity index (χ1v) is 5.18. The lowest BCUT2D eigenvalue weighted by Crippen LogP contribution is -1.99. The van der Waals surface area contributed by atoms with Crippen LogP contribution in [0.3, 0.4) is 0 Å². The van der Waals surface area contributed by atoms with E-state index in [0.717, 1.165) is 16.8 Å². The highest BCUT2D eigenvalue weighted by Gasteiger charge is 2.05. The molecule has 0 spiro atoms. The van der Waals surface area contributed by atoms with Gasteiger partial charge in [0, 0.05) is 18.0 Å². The van der Waals surface area contributed by atoms with Crippen molar-refractivity contribution in [2.24, 2.45) is 0 Å². The van der Waals surface area contributed by atoms with Crippen LogP contribution in [0, 0.1) is 18.8 Å². The third-order valence-corrected chi connectivity index (χ3v) is 2.21. The van der Waals surface area contributed by atoms with Gasteiger partial charge in [-0.15, -0.1) is 0 Å². The Morgan fingerprint density at radius 3 is 2.76 bits per heavy atom. The Kier molecular flexibility index (Phi) is 3.01. The van der Waals surface area contributed by atoms with Crippen molar-refractivity contribution >= 4 is 5.82 Å². The summed E-state index contributed by atoms with van der Waals surface area (Å²) in [6.45, 7) is 3.72. The highest BCUT2D eigenvalue weighted by molar-refractivity contribution is 5.60. The largest absolute Gasteiger partial charge is 0.381 e. The van der Waals surface area contributed by atoms with Crippen LogP contribution < -0.4 is 5.73 Å². The first kappa shape index (κ1) is 11.1. The number of rotatable bonds is 1. The summed E-state index contributed by atoms with van der Waals surface area (Å²) < 4.78 is 0. The molecule has 2 aromatic rings. The maximum absolute atomic E-state index is 5.69. The lowest BCUT2D eigenvalue weighted by molar-refractivity contribution is 1.17. The van der Waals surface area contributed by atoms with Crippen LogP contribution in [0.4, 0.5) is 5.82 Å². The summed E-state index contributed by atoms with van der Waals surface area (Å²) in [4.78, 5) is 12.6. The zero-order valence-electron chi connectivity index (χ0n) is 9.73. The number of nitrogens with zero attached hydrogens (tertiary/aromatic N) is 3. The lowest BCUT2D eigenvalue weighted by Gasteiger charge is -2.03. The number of anilines is 1. The summed E-state index contributed by atoms with van der Waals surface area (Å²) in [6, 6.07) is 2.00. The molecule has 0 aliphatic heterocycles. The molecule has 0 bridgehead atoms. The molecule has 4 nitrogen and oxygen atoms in total. The standard InChI is InChI=1S/C13H12N4/c1-3-4-11-13(14)16-8-12(17-11)10-5-9(2)6-15-7-10/h5-8H,1-2H3,(H2,14,16). The third-order valence-electron chi connectivity index (χ3n) is 2.21. The molecule has 0 saturated heterocycles. The molecule has 0 atom stereocenters. The number of nitrogens with two attached hydrogens (primary N) is 1. The summed E-state index contributed by atoms with van der Waals surface area (Å²) in [5.74, 6) is 5.95. The summed E-state index contributed by atoms with van der Waals surface area (Å²) >= 11 is 0. The molecule has 2 heterocycles. The number of aryl methyl sites for hydroxylation is 1. The Bertz CT molecular complexity index is 608. The molecule has 0 aliphatic rings. The van der Waals surface area contributed by atoms with E-state index in [9.17, 15) is 0 Å². The lowest BCUT2D eigenvalue weighted by atomic mass is 10.1. The van der Waals surface area contributed by atoms with Crippen LogP contribution in [-0.2, 0) is 0 Å². The summed E-state index contributed by atoms with van der Waals surface area (Å²) in [7, 11) is 0. The van der Waals surface area contributed by atoms with Gasteiger partial charge in [0.2, 0.25) is 0 Å². The minimum atomic E-state index is 0.351. The molecule has 0 fully saturated rings. The maximum Gasteiger partial charge on any atom is 0.158 e. The van der Waals surface area contributed by atoms with Gasteiger partial charge in [-0.2, -0.15) is 0 Å². The van der Waals surface area contributed by atoms with Crippen molar-refractivity contribution < 1.29 is 0 Å². The molecule has 2 N–H and O–H groups in total. The topological polar surface area (TPSA) is 64.7 Å². The Labute approximate surface area is 99.9 Å². The minimum Gasteiger partial charge on any atom is -0.381 e. The van der Waals surface area contributed by atoms with Gasteiger partial charge in [-0.25, -0.2) is 9.97 Å². The number of hydrogen-bond acceptors (Lipinski definition) is 4. The third kappa shape index (κ3) is 2.40. The predicted molar refractivity (Wildman–Crippen MR) is 67.0 cm³/mol. The molecule has 0 aromatic carbocycles. The van der Waals surface area contributed by atoms with Crippen LogP contribution in [-0.4, -0.2) is 15.0 Å². The molecule has 0 amide bonds. The molecule has 0 unspecified atom stereocenters. The van der Waals surface area contributed by atoms with E-state index in [4.69, 9.17) is 5.73 Å². The zero-order valence-corrected chi connectivity index (χ0v) is 9.73. The fraction of sp³-hybridized carbons (Fsp3) is 0.154. The predicted octanol–water partition coefficient (Wildman–Crippen LogP) is 1.80. The van der Waals surface area contributed by atoms with E-state index in [1.807, 2.05) is 13.0 Å². The van der Waals surface area contributed by atoms with Crippen molar-refractivity contribution in [3.8, 4) is 23.1 Å². The van der Waals surface area contributed by atoms with Crippen molar-refractivity contribution in [1.82, 2.24) is 15.0 Å². The van der Waals surface area contributed by atoms with Gasteiger partial charge in [-0.3, -0.25) is 4.98 Å². The molecule has 2 rings (SSSR count). The van der Waals surface area contributed by atoms with Gasteiger partial charge in [0.1, 0.15) is 0 Å². The highest BCUT2D eigenvalue weighted by atomic mass is 14.9. The van der Waals surface area contributed by atoms with Crippen LogP contribution in [0.5, 0.6) is 0 Å². The van der Waals surface area contributed by atoms with E-state index >= 15 is 0 Å². The van der Waals surface area contributed by atoms with Crippen molar-refractivity contribution in [1.29, 1.82) is 0 Å². The second-order valence-electron chi connectivity index (χ2n) is 3.62. The van der Waals surface area contributed by atoms with Gasteiger partial charge in [-0.05, 0) is 31.4 Å². The van der Waals surface area contributed by atoms with Gasteiger partial charge in [0.05, 0.1) is 11.9 Å². The van der Waals surface area contributed by atoms with Gasteiger partial charge in [0.15, 0.2) is 11.5 Å². The SMILES string of the molecule is CC#Cc1nc(-c2cncc(C)c2)cnc1N. The molecule has 0 aliphatic carbocycles. The van der Waals surface area contributed by atoms with Gasteiger partial charge < -0.3 is 5.73 Å². The molecule has 0 saturated carbocycles. The molecular formula is C13H12N4. The molecule has 0 radical (unpaired) electrons. The smallest absolute Gasteiger partial charge is 0.158 e. The van der Waals surface area contributed by atoms with Gasteiger partial charge in [0.25, 0.3) is 0 Å². The number of hydrogen-bond donors (Lipinski definition) is 1. The summed E-state index contributed by atoms with van der Waals surface area (Å²) in [5, 5.41) is 0. The second-order valence-corrected chi connectivity index (χ2v) is 3.62. The van der Waals surface area contributed by atoms with E-state index in [1.54, 1.807) is 25.5 Å². The Morgan fingerprint density at radius 1 is 1.24 bits per heavy atom. The Morgan fingerprint density at radius 2 is 2.06 bits per heavy atom. The summed E-state index contributed by atoms with van der Waals surface area (Å²) in [6.07, 6.45) is 5.17. The highest BCUT2D eigenvalue weighted by Crippen LogP contribution is 2.17. The van der Waals surface area contributed by atoms with E-state index < -0.39 is 0 Å². The fourth-order valence-corrected chi connectivity index (χ4v) is 1.44. The molecule has 4 heteroatoms. The number of nitrogen functional groups attached to an aromatic ring is 1. The van der Waals surface area contributed by atoms with E-state index in [1.165, 1.54) is 0 Å². The van der Waals surface area contributed by atoms with Crippen molar-refractivity contribution in [3.05, 3.63) is 35.9 Å². The van der Waals surface area contributed by atoms with Gasteiger partial charge in [-0.1, -0.05) is 5.92 Å². The molecule has 17 heavy (non-hydrogen) atoms. The molecule has 84 valence electrons. The normalized spacial score (nSPS) is 9.53. The average Bonchev–Trinajstić information content (AvgIpc) is 2.32. The number of pyridine rings is 1. The first-order chi connectivity index (χ1) is 8.20. The van der Waals surface area contributed by atoms with E-state index in [0.29, 0.717) is 11.5 Å². The van der Waals surface area contributed by atoms with E-state index in [-0.39, 0.29) is 0 Å². The van der Waals surface area contributed by atoms with E-state index in [2.05, 4.69) is 26.8 Å². The fourth-order valence-electron chi connectivity index (χ4n) is 1.44. The van der Waals surface area contributed by atoms with Crippen LogP contribution in [0.25, 0.3) is 11.3 Å². The van der Waals surface area contributed by atoms with Crippen LogP contribution in [0.2, 0.25) is 0 Å². The molecule has 2 aromatic heterocycles. The van der Waals surface area contributed by atoms with Crippen molar-refractivity contribution in [2.75, 3.05) is 5.73 Å². The first-order valence-electron chi connectivity index (χ1n) is 5.18. The Hall–Kier alpha value is -2.41.